The van der Waals surface area contributed by atoms with E-state index in [4.69, 9.17) is 14.2 Å². The molecule has 1 aliphatic rings. The number of nitrogens with one attached hydrogen (secondary N) is 1. The fraction of sp³-hybridized carbons (Fsp3) is 0.682. The van der Waals surface area contributed by atoms with Crippen LogP contribution in [0, 0.1) is 5.92 Å². The van der Waals surface area contributed by atoms with E-state index >= 15 is 0 Å². The molecule has 0 spiro atoms. The van der Waals surface area contributed by atoms with Crippen molar-refractivity contribution in [3.8, 4) is 5.75 Å². The maximum atomic E-state index is 6.05. The van der Waals surface area contributed by atoms with Crippen LogP contribution in [0.5, 0.6) is 5.75 Å². The molecular weight excluding hydrogens is 354 g/mol. The number of hydrogen-bond donors (Lipinski definition) is 1. The Balaban J connectivity index is 1.74. The zero-order valence-corrected chi connectivity index (χ0v) is 18.2. The lowest BCUT2D eigenvalue weighted by molar-refractivity contribution is 0.0536. The lowest BCUT2D eigenvalue weighted by Gasteiger charge is -2.24. The Labute approximate surface area is 170 Å². The summed E-state index contributed by atoms with van der Waals surface area (Å²) in [5.74, 6) is 2.44. The Bertz CT molecular complexity index is 613. The third kappa shape index (κ3) is 6.99. The van der Waals surface area contributed by atoms with Gasteiger partial charge in [0.05, 0.1) is 26.4 Å². The number of methoxy groups -OCH3 is 1. The van der Waals surface area contributed by atoms with Crippen molar-refractivity contribution in [1.29, 1.82) is 0 Å². The van der Waals surface area contributed by atoms with Crippen molar-refractivity contribution in [3.05, 3.63) is 29.8 Å². The molecule has 2 rings (SSSR count). The second-order valence-corrected chi connectivity index (χ2v) is 8.24. The Kier molecular flexibility index (Phi) is 9.06. The molecular formula is C22H37N3O3. The predicted octanol–water partition coefficient (Wildman–Crippen LogP) is 2.92. The monoisotopic (exact) mass is 391 g/mol. The highest BCUT2D eigenvalue weighted by Crippen LogP contribution is 2.30. The average molecular weight is 392 g/mol. The van der Waals surface area contributed by atoms with Gasteiger partial charge < -0.3 is 24.4 Å². The molecule has 6 nitrogen and oxygen atoms in total. The summed E-state index contributed by atoms with van der Waals surface area (Å²) in [5, 5.41) is 3.43. The van der Waals surface area contributed by atoms with Crippen molar-refractivity contribution in [2.24, 2.45) is 10.9 Å². The molecule has 28 heavy (non-hydrogen) atoms. The molecule has 0 aliphatic carbocycles. The number of nitrogens with zero attached hydrogens (tertiary/aromatic N) is 2. The molecule has 0 aromatic heterocycles. The smallest absolute Gasteiger partial charge is 0.193 e. The van der Waals surface area contributed by atoms with Gasteiger partial charge in [-0.05, 0) is 23.5 Å². The Morgan fingerprint density at radius 3 is 2.71 bits per heavy atom. The van der Waals surface area contributed by atoms with Gasteiger partial charge in [-0.25, -0.2) is 0 Å². The van der Waals surface area contributed by atoms with Gasteiger partial charge in [0.1, 0.15) is 12.4 Å². The topological polar surface area (TPSA) is 55.3 Å². The number of likely N-dealkylation sites (tertiary alicyclic amines) is 1. The molecule has 0 amide bonds. The minimum atomic E-state index is 0.0654. The number of rotatable bonds is 9. The van der Waals surface area contributed by atoms with Crippen LogP contribution in [-0.4, -0.2) is 71.1 Å². The lowest BCUT2D eigenvalue weighted by Crippen LogP contribution is -2.41. The molecule has 0 saturated carbocycles. The van der Waals surface area contributed by atoms with Crippen LogP contribution in [0.25, 0.3) is 0 Å². The van der Waals surface area contributed by atoms with Crippen LogP contribution >= 0.6 is 0 Å². The minimum Gasteiger partial charge on any atom is -0.491 e. The summed E-state index contributed by atoms with van der Waals surface area (Å²) >= 11 is 0. The quantitative estimate of drug-likeness (QED) is 0.398. The van der Waals surface area contributed by atoms with Crippen molar-refractivity contribution in [3.63, 3.8) is 0 Å². The molecule has 1 atom stereocenters. The van der Waals surface area contributed by atoms with Gasteiger partial charge in [0.15, 0.2) is 5.96 Å². The van der Waals surface area contributed by atoms with Gasteiger partial charge in [0.2, 0.25) is 0 Å². The number of guanidine groups is 1. The summed E-state index contributed by atoms with van der Waals surface area (Å²) in [5.41, 5.74) is 1.30. The fourth-order valence-corrected chi connectivity index (χ4v) is 3.42. The fourth-order valence-electron chi connectivity index (χ4n) is 3.42. The Morgan fingerprint density at radius 2 is 2.00 bits per heavy atom. The molecule has 6 heteroatoms. The van der Waals surface area contributed by atoms with E-state index < -0.39 is 0 Å². The number of para-hydroxylation sites is 1. The van der Waals surface area contributed by atoms with E-state index in [1.807, 2.05) is 19.2 Å². The maximum absolute atomic E-state index is 6.05. The number of aliphatic imine (C=N–C) groups is 1. The number of benzene rings is 1. The average Bonchev–Trinajstić information content (AvgIpc) is 3.13. The third-order valence-electron chi connectivity index (χ3n) is 4.92. The van der Waals surface area contributed by atoms with E-state index in [1.54, 1.807) is 7.11 Å². The van der Waals surface area contributed by atoms with E-state index in [-0.39, 0.29) is 5.41 Å². The molecule has 1 aromatic rings. The van der Waals surface area contributed by atoms with E-state index in [2.05, 4.69) is 48.1 Å². The molecule has 158 valence electrons. The Morgan fingerprint density at radius 1 is 1.21 bits per heavy atom. The second-order valence-electron chi connectivity index (χ2n) is 8.24. The second kappa shape index (κ2) is 11.3. The van der Waals surface area contributed by atoms with Crippen LogP contribution < -0.4 is 10.1 Å². The van der Waals surface area contributed by atoms with E-state index in [1.165, 1.54) is 5.56 Å². The molecule has 1 N–H and O–H groups in total. The van der Waals surface area contributed by atoms with Crippen LogP contribution in [-0.2, 0) is 14.9 Å². The van der Waals surface area contributed by atoms with Crippen molar-refractivity contribution in [2.45, 2.75) is 32.6 Å². The SMILES string of the molecule is CN=C(NCCOc1ccccc1C(C)(C)C)N1CCC(COCCOC)C1. The van der Waals surface area contributed by atoms with Gasteiger partial charge in [-0.15, -0.1) is 0 Å². The number of hydrogen-bond acceptors (Lipinski definition) is 4. The Hall–Kier alpha value is -1.79. The summed E-state index contributed by atoms with van der Waals surface area (Å²) in [6.45, 7) is 12.0. The molecule has 0 radical (unpaired) electrons. The first-order chi connectivity index (χ1) is 13.5. The first-order valence-corrected chi connectivity index (χ1v) is 10.2. The molecule has 0 bridgehead atoms. The molecule has 1 aromatic carbocycles. The lowest BCUT2D eigenvalue weighted by atomic mass is 9.86. The van der Waals surface area contributed by atoms with Gasteiger partial charge in [-0.2, -0.15) is 0 Å². The largest absolute Gasteiger partial charge is 0.491 e. The zero-order chi connectivity index (χ0) is 20.4. The van der Waals surface area contributed by atoms with Crippen LogP contribution in [0.4, 0.5) is 0 Å². The molecule has 1 aliphatic heterocycles. The van der Waals surface area contributed by atoms with E-state index in [0.29, 0.717) is 25.7 Å². The summed E-state index contributed by atoms with van der Waals surface area (Å²) in [7, 11) is 3.53. The highest BCUT2D eigenvalue weighted by atomic mass is 16.5. The zero-order valence-electron chi connectivity index (χ0n) is 18.2. The van der Waals surface area contributed by atoms with Crippen molar-refractivity contribution in [2.75, 3.05) is 60.2 Å². The summed E-state index contributed by atoms with van der Waals surface area (Å²) in [6, 6.07) is 8.27. The first kappa shape index (κ1) is 22.5. The highest BCUT2D eigenvalue weighted by molar-refractivity contribution is 5.80. The van der Waals surface area contributed by atoms with Crippen molar-refractivity contribution < 1.29 is 14.2 Å². The van der Waals surface area contributed by atoms with Crippen LogP contribution in [0.15, 0.2) is 29.3 Å². The minimum absolute atomic E-state index is 0.0654. The first-order valence-electron chi connectivity index (χ1n) is 10.2. The van der Waals surface area contributed by atoms with Gasteiger partial charge in [0.25, 0.3) is 0 Å². The van der Waals surface area contributed by atoms with Gasteiger partial charge in [0, 0.05) is 33.2 Å². The summed E-state index contributed by atoms with van der Waals surface area (Å²) < 4.78 is 16.7. The van der Waals surface area contributed by atoms with Crippen molar-refractivity contribution in [1.82, 2.24) is 10.2 Å². The normalized spacial score (nSPS) is 17.8. The van der Waals surface area contributed by atoms with Crippen LogP contribution in [0.3, 0.4) is 0 Å². The van der Waals surface area contributed by atoms with E-state index in [9.17, 15) is 0 Å². The molecule has 1 saturated heterocycles. The van der Waals surface area contributed by atoms with E-state index in [0.717, 1.165) is 44.4 Å². The molecule has 1 heterocycles. The van der Waals surface area contributed by atoms with Gasteiger partial charge in [-0.3, -0.25) is 4.99 Å². The molecule has 1 fully saturated rings. The third-order valence-corrected chi connectivity index (χ3v) is 4.92. The summed E-state index contributed by atoms with van der Waals surface area (Å²) in [6.07, 6.45) is 1.13. The predicted molar refractivity (Wildman–Crippen MR) is 114 cm³/mol. The maximum Gasteiger partial charge on any atom is 0.193 e. The standard InChI is InChI=1S/C22H37N3O3/c1-22(2,3)19-8-6-7-9-20(19)28-13-11-24-21(23-4)25-12-10-18(16-25)17-27-15-14-26-5/h6-9,18H,10-17H2,1-5H3,(H,23,24). The van der Waals surface area contributed by atoms with Crippen molar-refractivity contribution >= 4 is 5.96 Å². The molecule has 1 unspecified atom stereocenters. The van der Waals surface area contributed by atoms with Crippen LogP contribution in [0.1, 0.15) is 32.8 Å². The van der Waals surface area contributed by atoms with Crippen LogP contribution in [0.2, 0.25) is 0 Å². The number of ether oxygens (including phenoxy) is 3. The highest BCUT2D eigenvalue weighted by Gasteiger charge is 2.25. The summed E-state index contributed by atoms with van der Waals surface area (Å²) in [4.78, 5) is 6.73. The van der Waals surface area contributed by atoms with Gasteiger partial charge >= 0.3 is 0 Å². The van der Waals surface area contributed by atoms with Gasteiger partial charge in [-0.1, -0.05) is 39.0 Å².